The van der Waals surface area contributed by atoms with Crippen LogP contribution in [-0.4, -0.2) is 37.5 Å². The first kappa shape index (κ1) is 28.4. The summed E-state index contributed by atoms with van der Waals surface area (Å²) < 4.78 is 47.6. The lowest BCUT2D eigenvalue weighted by molar-refractivity contribution is 0.0719. The van der Waals surface area contributed by atoms with Crippen LogP contribution in [0.1, 0.15) is 51.7 Å². The van der Waals surface area contributed by atoms with Crippen LogP contribution >= 0.6 is 0 Å². The molecule has 5 aromatic rings. The average Bonchev–Trinajstić information content (AvgIpc) is 3.25. The molecular weight excluding hydrogens is 565 g/mol. The van der Waals surface area contributed by atoms with Crippen LogP contribution in [0.5, 0.6) is 5.75 Å². The van der Waals surface area contributed by atoms with Crippen LogP contribution in [0.3, 0.4) is 0 Å². The van der Waals surface area contributed by atoms with Crippen molar-refractivity contribution in [2.75, 3.05) is 17.6 Å². The minimum atomic E-state index is -3.72. The zero-order chi connectivity index (χ0) is 30.3. The van der Waals surface area contributed by atoms with Crippen LogP contribution in [0.2, 0.25) is 0 Å². The molecule has 0 bridgehead atoms. The molecule has 43 heavy (non-hydrogen) atoms. The van der Waals surface area contributed by atoms with Gasteiger partial charge in [-0.15, -0.1) is 0 Å². The number of pyridine rings is 1. The van der Waals surface area contributed by atoms with Crippen molar-refractivity contribution in [3.8, 4) is 5.75 Å². The van der Waals surface area contributed by atoms with Crippen molar-refractivity contribution >= 4 is 32.5 Å². The summed E-state index contributed by atoms with van der Waals surface area (Å²) in [7, 11) is -2.24. The maximum absolute atomic E-state index is 14.4. The maximum Gasteiger partial charge on any atom is 0.258 e. The number of nitrogens with zero attached hydrogens (tertiary/aromatic N) is 3. The van der Waals surface area contributed by atoms with Gasteiger partial charge in [0.25, 0.3) is 5.91 Å². The Morgan fingerprint density at radius 2 is 1.53 bits per heavy atom. The predicted octanol–water partition coefficient (Wildman–Crippen LogP) is 6.66. The van der Waals surface area contributed by atoms with E-state index in [0.29, 0.717) is 22.2 Å². The lowest BCUT2D eigenvalue weighted by atomic mass is 9.96. The van der Waals surface area contributed by atoms with Crippen molar-refractivity contribution < 1.29 is 22.3 Å². The molecular formula is C34H30FN3O4S. The molecule has 0 N–H and O–H groups in total. The average molecular weight is 596 g/mol. The molecule has 1 aliphatic heterocycles. The smallest absolute Gasteiger partial charge is 0.258 e. The minimum Gasteiger partial charge on any atom is -0.478 e. The number of aromatic nitrogens is 1. The summed E-state index contributed by atoms with van der Waals surface area (Å²) in [6.07, 6.45) is 2.15. The molecule has 0 unspecified atom stereocenters. The van der Waals surface area contributed by atoms with Crippen LogP contribution in [0.15, 0.2) is 103 Å². The van der Waals surface area contributed by atoms with E-state index in [4.69, 9.17) is 4.74 Å². The first-order valence-corrected chi connectivity index (χ1v) is 15.7. The fourth-order valence-corrected chi connectivity index (χ4v) is 6.22. The number of hydrogen-bond acceptors (Lipinski definition) is 5. The number of carbonyl (C=O) groups excluding carboxylic acids is 1. The number of amides is 1. The van der Waals surface area contributed by atoms with E-state index in [2.05, 4.69) is 4.98 Å². The quantitative estimate of drug-likeness (QED) is 0.201. The van der Waals surface area contributed by atoms with Gasteiger partial charge in [-0.25, -0.2) is 12.8 Å². The molecule has 0 saturated heterocycles. The highest BCUT2D eigenvalue weighted by atomic mass is 32.2. The fourth-order valence-electron chi connectivity index (χ4n) is 5.69. The summed E-state index contributed by atoms with van der Waals surface area (Å²) in [6.45, 7) is 2.06. The van der Waals surface area contributed by atoms with Crippen LogP contribution in [-0.2, 0) is 16.6 Å². The molecule has 0 radical (unpaired) electrons. The maximum atomic E-state index is 14.4. The summed E-state index contributed by atoms with van der Waals surface area (Å²) in [5, 5.41) is 0.548. The normalized spacial score (nSPS) is 14.8. The molecule has 9 heteroatoms. The number of fused-ring (bicyclic) bond motifs is 2. The fraction of sp³-hybridized carbons (Fsp3) is 0.176. The van der Waals surface area contributed by atoms with Gasteiger partial charge in [-0.2, -0.15) is 0 Å². The highest BCUT2D eigenvalue weighted by molar-refractivity contribution is 7.92. The topological polar surface area (TPSA) is 79.8 Å². The molecule has 7 nitrogen and oxygen atoms in total. The molecule has 2 heterocycles. The second-order valence-electron chi connectivity index (χ2n) is 10.7. The van der Waals surface area contributed by atoms with Crippen molar-refractivity contribution in [3.05, 3.63) is 137 Å². The molecule has 0 aliphatic carbocycles. The Morgan fingerprint density at radius 3 is 2.12 bits per heavy atom. The van der Waals surface area contributed by atoms with Gasteiger partial charge in [0, 0.05) is 30.7 Å². The van der Waals surface area contributed by atoms with E-state index in [9.17, 15) is 17.6 Å². The Kier molecular flexibility index (Phi) is 7.35. The van der Waals surface area contributed by atoms with Gasteiger partial charge in [0.1, 0.15) is 17.4 Å². The highest BCUT2D eigenvalue weighted by Crippen LogP contribution is 2.50. The Bertz CT molecular complexity index is 1880. The second-order valence-corrected chi connectivity index (χ2v) is 12.7. The van der Waals surface area contributed by atoms with Gasteiger partial charge in [-0.1, -0.05) is 72.8 Å². The van der Waals surface area contributed by atoms with E-state index in [1.165, 1.54) is 23.5 Å². The second kappa shape index (κ2) is 11.1. The SMILES string of the molecule is C[C@@H]1c2c(c(OC(c3ccccc3)c3ccccc3)c3ncccc3c2N(C)S(C)(=O)=O)C(=O)N1Cc1ccc(F)cc1. The third kappa shape index (κ3) is 5.21. The number of rotatable bonds is 8. The van der Waals surface area contributed by atoms with Crippen LogP contribution in [0, 0.1) is 5.82 Å². The number of halogens is 1. The Morgan fingerprint density at radius 1 is 0.930 bits per heavy atom. The van der Waals surface area contributed by atoms with E-state index in [-0.39, 0.29) is 29.6 Å². The number of benzene rings is 4. The van der Waals surface area contributed by atoms with Crippen molar-refractivity contribution in [2.24, 2.45) is 0 Å². The van der Waals surface area contributed by atoms with Crippen molar-refractivity contribution in [1.82, 2.24) is 9.88 Å². The molecule has 1 aromatic heterocycles. The summed E-state index contributed by atoms with van der Waals surface area (Å²) in [6, 6.07) is 28.4. The van der Waals surface area contributed by atoms with Crippen LogP contribution < -0.4 is 9.04 Å². The first-order valence-electron chi connectivity index (χ1n) is 13.9. The monoisotopic (exact) mass is 595 g/mol. The highest BCUT2D eigenvalue weighted by Gasteiger charge is 2.43. The Balaban J connectivity index is 1.60. The van der Waals surface area contributed by atoms with Crippen molar-refractivity contribution in [3.63, 3.8) is 0 Å². The third-order valence-electron chi connectivity index (χ3n) is 7.91. The largest absolute Gasteiger partial charge is 0.478 e. The number of hydrogen-bond donors (Lipinski definition) is 0. The Labute approximate surface area is 250 Å². The number of carbonyl (C=O) groups is 1. The van der Waals surface area contributed by atoms with Gasteiger partial charge in [0.15, 0.2) is 5.75 Å². The molecule has 4 aromatic carbocycles. The van der Waals surface area contributed by atoms with E-state index >= 15 is 0 Å². The molecule has 1 atom stereocenters. The number of anilines is 1. The minimum absolute atomic E-state index is 0.195. The van der Waals surface area contributed by atoms with Crippen molar-refractivity contribution in [1.29, 1.82) is 0 Å². The lowest BCUT2D eigenvalue weighted by Gasteiger charge is -2.27. The van der Waals surface area contributed by atoms with Crippen LogP contribution in [0.4, 0.5) is 10.1 Å². The summed E-state index contributed by atoms with van der Waals surface area (Å²) in [5.74, 6) is -0.407. The van der Waals surface area contributed by atoms with E-state index in [1.807, 2.05) is 67.6 Å². The Hall–Kier alpha value is -4.76. The zero-order valence-corrected chi connectivity index (χ0v) is 24.8. The molecule has 0 spiro atoms. The summed E-state index contributed by atoms with van der Waals surface area (Å²) >= 11 is 0. The van der Waals surface area contributed by atoms with Gasteiger partial charge in [-0.05, 0) is 47.9 Å². The van der Waals surface area contributed by atoms with Gasteiger partial charge < -0.3 is 9.64 Å². The van der Waals surface area contributed by atoms with Gasteiger partial charge in [0.05, 0.1) is 23.5 Å². The first-order chi connectivity index (χ1) is 20.6. The van der Waals surface area contributed by atoms with Gasteiger partial charge >= 0.3 is 0 Å². The zero-order valence-electron chi connectivity index (χ0n) is 23.9. The molecule has 0 saturated carbocycles. The molecule has 1 aliphatic rings. The molecule has 6 rings (SSSR count). The van der Waals surface area contributed by atoms with Gasteiger partial charge in [-0.3, -0.25) is 14.1 Å². The molecule has 0 fully saturated rings. The number of sulfonamides is 1. The standard InChI is InChI=1S/C34H30FN3O4S/c1-22-28-29(34(39)38(22)21-23-16-18-26(35)19-17-23)33(30-27(15-10-20-36-30)31(28)37(2)43(3,40)41)42-32(24-11-6-4-7-12-24)25-13-8-5-9-14-25/h4-20,22,32H,21H2,1-3H3/t22-/m1/s1. The summed E-state index contributed by atoms with van der Waals surface area (Å²) in [4.78, 5) is 20.7. The van der Waals surface area contributed by atoms with E-state index in [0.717, 1.165) is 22.9 Å². The third-order valence-corrected chi connectivity index (χ3v) is 9.09. The van der Waals surface area contributed by atoms with Gasteiger partial charge in [0.2, 0.25) is 10.0 Å². The summed E-state index contributed by atoms with van der Waals surface area (Å²) in [5.41, 5.74) is 4.07. The predicted molar refractivity (Wildman–Crippen MR) is 165 cm³/mol. The van der Waals surface area contributed by atoms with E-state index in [1.54, 1.807) is 35.4 Å². The van der Waals surface area contributed by atoms with Crippen molar-refractivity contribution in [2.45, 2.75) is 25.6 Å². The van der Waals surface area contributed by atoms with Crippen LogP contribution in [0.25, 0.3) is 10.9 Å². The number of ether oxygens (including phenoxy) is 1. The lowest BCUT2D eigenvalue weighted by Crippen LogP contribution is -2.28. The molecule has 218 valence electrons. The molecule has 1 amide bonds. The van der Waals surface area contributed by atoms with E-state index < -0.39 is 22.2 Å².